The summed E-state index contributed by atoms with van der Waals surface area (Å²) in [5, 5.41) is 23.4. The largest absolute Gasteiger partial charge is 0.435 e. The van der Waals surface area contributed by atoms with E-state index in [0.717, 1.165) is 31.4 Å². The first-order valence-electron chi connectivity index (χ1n) is 10.3. The summed E-state index contributed by atoms with van der Waals surface area (Å²) in [6, 6.07) is 10.3. The van der Waals surface area contributed by atoms with E-state index < -0.39 is 6.61 Å². The van der Waals surface area contributed by atoms with Crippen LogP contribution >= 0.6 is 11.3 Å². The van der Waals surface area contributed by atoms with Gasteiger partial charge in [-0.15, -0.1) is 10.2 Å². The highest BCUT2D eigenvalue weighted by molar-refractivity contribution is 7.19. The molecule has 0 atom stereocenters. The van der Waals surface area contributed by atoms with Crippen molar-refractivity contribution in [3.8, 4) is 5.75 Å². The molecule has 1 aromatic carbocycles. The Labute approximate surface area is 187 Å². The van der Waals surface area contributed by atoms with Gasteiger partial charge in [0.2, 0.25) is 16.2 Å². The maximum atomic E-state index is 12.3. The van der Waals surface area contributed by atoms with Gasteiger partial charge >= 0.3 is 6.61 Å². The number of aromatic nitrogens is 4. The van der Waals surface area contributed by atoms with Gasteiger partial charge in [-0.1, -0.05) is 23.5 Å². The van der Waals surface area contributed by atoms with Gasteiger partial charge in [-0.25, -0.2) is 0 Å². The zero-order chi connectivity index (χ0) is 22.3. The van der Waals surface area contributed by atoms with Crippen molar-refractivity contribution in [3.63, 3.8) is 0 Å². The predicted octanol–water partition coefficient (Wildman–Crippen LogP) is 4.25. The summed E-state index contributed by atoms with van der Waals surface area (Å²) in [6.45, 7) is -2.91. The average molecular weight is 461 g/mol. The standard InChI is InChI=1S/C21H22F2N6O2S/c22-19(23)31-16-4-1-3-13(11-16)12-18(30)26-21-29-28-20(32-21)25-15-8-6-14(7-9-15)17-5-2-10-24-27-17/h1-5,10-11,14-15,19H,6-9,12H2,(H,25,28)(H,26,29,30)/t14-,15+. The van der Waals surface area contributed by atoms with Gasteiger partial charge in [0.05, 0.1) is 12.1 Å². The lowest BCUT2D eigenvalue weighted by Crippen LogP contribution is -2.25. The lowest BCUT2D eigenvalue weighted by atomic mass is 9.84. The topological polar surface area (TPSA) is 102 Å². The maximum Gasteiger partial charge on any atom is 0.387 e. The minimum absolute atomic E-state index is 0.00910. The molecule has 168 valence electrons. The first-order chi connectivity index (χ1) is 15.5. The molecule has 2 N–H and O–H groups in total. The number of alkyl halides is 2. The summed E-state index contributed by atoms with van der Waals surface area (Å²) >= 11 is 1.26. The Morgan fingerprint density at radius 1 is 1.09 bits per heavy atom. The van der Waals surface area contributed by atoms with Crippen LogP contribution in [0.1, 0.15) is 42.9 Å². The van der Waals surface area contributed by atoms with E-state index in [4.69, 9.17) is 0 Å². The molecule has 4 rings (SSSR count). The first-order valence-corrected chi connectivity index (χ1v) is 11.1. The van der Waals surface area contributed by atoms with Crippen molar-refractivity contribution in [1.82, 2.24) is 20.4 Å². The highest BCUT2D eigenvalue weighted by Gasteiger charge is 2.24. The van der Waals surface area contributed by atoms with Crippen molar-refractivity contribution in [2.24, 2.45) is 0 Å². The molecule has 1 saturated carbocycles. The molecule has 11 heteroatoms. The van der Waals surface area contributed by atoms with Crippen LogP contribution in [-0.2, 0) is 11.2 Å². The number of nitrogens with zero attached hydrogens (tertiary/aromatic N) is 4. The normalized spacial score (nSPS) is 18.3. The van der Waals surface area contributed by atoms with Gasteiger partial charge in [0, 0.05) is 18.2 Å². The second-order valence-corrected chi connectivity index (χ2v) is 8.48. The van der Waals surface area contributed by atoms with Gasteiger partial charge in [-0.05, 0) is 55.5 Å². The number of anilines is 2. The van der Waals surface area contributed by atoms with Crippen LogP contribution in [0.25, 0.3) is 0 Å². The molecule has 3 aromatic rings. The van der Waals surface area contributed by atoms with Crippen LogP contribution < -0.4 is 15.4 Å². The van der Waals surface area contributed by atoms with Crippen molar-refractivity contribution in [1.29, 1.82) is 0 Å². The predicted molar refractivity (Wildman–Crippen MR) is 116 cm³/mol. The first kappa shape index (κ1) is 22.0. The van der Waals surface area contributed by atoms with Gasteiger partial charge in [0.15, 0.2) is 0 Å². The molecule has 1 amide bonds. The van der Waals surface area contributed by atoms with Crippen molar-refractivity contribution in [2.75, 3.05) is 10.6 Å². The smallest absolute Gasteiger partial charge is 0.387 e. The summed E-state index contributed by atoms with van der Waals surface area (Å²) < 4.78 is 29.0. The molecule has 2 heterocycles. The fraction of sp³-hybridized carbons (Fsp3) is 0.381. The molecular formula is C21H22F2N6O2S. The summed E-state index contributed by atoms with van der Waals surface area (Å²) in [7, 11) is 0. The molecule has 0 spiro atoms. The van der Waals surface area contributed by atoms with E-state index in [-0.39, 0.29) is 24.1 Å². The number of rotatable bonds is 8. The molecule has 8 nitrogen and oxygen atoms in total. The lowest BCUT2D eigenvalue weighted by Gasteiger charge is -2.28. The summed E-state index contributed by atoms with van der Waals surface area (Å²) in [6.07, 6.45) is 5.70. The van der Waals surface area contributed by atoms with E-state index in [0.29, 0.717) is 21.7 Å². The number of nitrogens with one attached hydrogen (secondary N) is 2. The number of carbonyl (C=O) groups excluding carboxylic acids is 1. The van der Waals surface area contributed by atoms with Gasteiger partial charge < -0.3 is 15.4 Å². The van der Waals surface area contributed by atoms with Crippen LogP contribution in [0, 0.1) is 0 Å². The molecule has 1 aliphatic rings. The lowest BCUT2D eigenvalue weighted by molar-refractivity contribution is -0.115. The SMILES string of the molecule is O=C(Cc1cccc(OC(F)F)c1)Nc1nnc(N[C@H]2CC[C@@H](c3cccnn3)CC2)s1. The third-order valence-electron chi connectivity index (χ3n) is 5.23. The van der Waals surface area contributed by atoms with Crippen LogP contribution in [0.15, 0.2) is 42.6 Å². The van der Waals surface area contributed by atoms with Crippen LogP contribution in [0.5, 0.6) is 5.75 Å². The zero-order valence-electron chi connectivity index (χ0n) is 17.1. The number of hydrogen-bond donors (Lipinski definition) is 2. The number of ether oxygens (including phenoxy) is 1. The Kier molecular flexibility index (Phi) is 7.15. The Morgan fingerprint density at radius 2 is 1.91 bits per heavy atom. The van der Waals surface area contributed by atoms with Gasteiger partial charge in [0.25, 0.3) is 0 Å². The summed E-state index contributed by atoms with van der Waals surface area (Å²) in [4.78, 5) is 12.3. The fourth-order valence-electron chi connectivity index (χ4n) is 3.75. The monoisotopic (exact) mass is 460 g/mol. The third kappa shape index (κ3) is 6.16. The van der Waals surface area contributed by atoms with Gasteiger partial charge in [-0.2, -0.15) is 19.0 Å². The molecule has 1 fully saturated rings. The highest BCUT2D eigenvalue weighted by atomic mass is 32.1. The minimum atomic E-state index is -2.91. The number of amides is 1. The number of benzene rings is 1. The van der Waals surface area contributed by atoms with E-state index in [1.807, 2.05) is 12.1 Å². The molecule has 0 saturated heterocycles. The van der Waals surface area contributed by atoms with Crippen molar-refractivity contribution >= 4 is 27.5 Å². The van der Waals surface area contributed by atoms with E-state index in [9.17, 15) is 13.6 Å². The molecule has 0 radical (unpaired) electrons. The second-order valence-electron chi connectivity index (χ2n) is 7.50. The third-order valence-corrected chi connectivity index (χ3v) is 6.00. The Bertz CT molecular complexity index is 1030. The molecular weight excluding hydrogens is 438 g/mol. The molecule has 0 unspecified atom stereocenters. The second kappa shape index (κ2) is 10.4. The average Bonchev–Trinajstić information content (AvgIpc) is 3.21. The maximum absolute atomic E-state index is 12.3. The molecule has 1 aliphatic carbocycles. The van der Waals surface area contributed by atoms with Crippen molar-refractivity contribution in [3.05, 3.63) is 53.9 Å². The summed E-state index contributed by atoms with van der Waals surface area (Å²) in [5.41, 5.74) is 1.60. The van der Waals surface area contributed by atoms with Crippen LogP contribution in [0.3, 0.4) is 0 Å². The van der Waals surface area contributed by atoms with Crippen LogP contribution in [0.4, 0.5) is 19.0 Å². The molecule has 0 aliphatic heterocycles. The molecule has 2 aromatic heterocycles. The Hall–Kier alpha value is -3.21. The van der Waals surface area contributed by atoms with E-state index in [1.165, 1.54) is 23.5 Å². The highest BCUT2D eigenvalue weighted by Crippen LogP contribution is 2.33. The molecule has 0 bridgehead atoms. The van der Waals surface area contributed by atoms with Crippen LogP contribution in [0.2, 0.25) is 0 Å². The number of hydrogen-bond acceptors (Lipinski definition) is 8. The van der Waals surface area contributed by atoms with Gasteiger partial charge in [-0.3, -0.25) is 4.79 Å². The fourth-order valence-corrected chi connectivity index (χ4v) is 4.49. The van der Waals surface area contributed by atoms with Crippen molar-refractivity contribution < 1.29 is 18.3 Å². The van der Waals surface area contributed by atoms with E-state index in [2.05, 4.69) is 35.8 Å². The Morgan fingerprint density at radius 3 is 2.66 bits per heavy atom. The minimum Gasteiger partial charge on any atom is -0.435 e. The Balaban J connectivity index is 1.25. The number of halogens is 2. The summed E-state index contributed by atoms with van der Waals surface area (Å²) in [5.74, 6) is 0.128. The van der Waals surface area contributed by atoms with E-state index in [1.54, 1.807) is 18.3 Å². The number of carbonyl (C=O) groups is 1. The van der Waals surface area contributed by atoms with E-state index >= 15 is 0 Å². The van der Waals surface area contributed by atoms with Crippen molar-refractivity contribution in [2.45, 2.75) is 50.7 Å². The molecule has 32 heavy (non-hydrogen) atoms. The zero-order valence-corrected chi connectivity index (χ0v) is 17.9. The van der Waals surface area contributed by atoms with Gasteiger partial charge in [0.1, 0.15) is 5.75 Å². The quantitative estimate of drug-likeness (QED) is 0.518. The van der Waals surface area contributed by atoms with Crippen LogP contribution in [-0.4, -0.2) is 39.0 Å².